The smallest absolute Gasteiger partial charge is 0.316 e. The van der Waals surface area contributed by atoms with Crippen molar-refractivity contribution in [2.24, 2.45) is 0 Å². The third-order valence-corrected chi connectivity index (χ3v) is 3.72. The van der Waals surface area contributed by atoms with E-state index in [0.717, 1.165) is 24.5 Å². The van der Waals surface area contributed by atoms with Crippen molar-refractivity contribution in [2.75, 3.05) is 18.0 Å². The lowest BCUT2D eigenvalue weighted by atomic mass is 10.1. The number of nitrogens with one attached hydrogen (secondary N) is 1. The van der Waals surface area contributed by atoms with Gasteiger partial charge in [-0.25, -0.2) is 4.98 Å². The molecule has 2 aromatic rings. The summed E-state index contributed by atoms with van der Waals surface area (Å²) in [4.78, 5) is 22.8. The van der Waals surface area contributed by atoms with Crippen LogP contribution < -0.4 is 10.2 Å². The summed E-state index contributed by atoms with van der Waals surface area (Å²) in [6, 6.07) is 3.78. The highest BCUT2D eigenvalue weighted by molar-refractivity contribution is 5.90. The molecule has 3 heterocycles. The first-order valence-corrected chi connectivity index (χ1v) is 7.99. The highest BCUT2D eigenvalue weighted by Gasteiger charge is 2.18. The summed E-state index contributed by atoms with van der Waals surface area (Å²) in [5, 5.41) is 6.64. The van der Waals surface area contributed by atoms with Crippen LogP contribution in [-0.2, 0) is 0 Å². The molecule has 7 heteroatoms. The minimum atomic E-state index is -0.357. The van der Waals surface area contributed by atoms with Gasteiger partial charge in [-0.05, 0) is 45.2 Å². The minimum Gasteiger partial charge on any atom is -0.357 e. The minimum absolute atomic E-state index is 0.0180. The number of carbonyl (C=O) groups excluding carboxylic acids is 1. The molecule has 0 saturated carbocycles. The van der Waals surface area contributed by atoms with Crippen molar-refractivity contribution in [3.8, 4) is 11.4 Å². The molecule has 7 nitrogen and oxygen atoms in total. The molecule has 0 aromatic carbocycles. The van der Waals surface area contributed by atoms with Crippen LogP contribution in [0.3, 0.4) is 0 Å². The third kappa shape index (κ3) is 3.67. The lowest BCUT2D eigenvalue weighted by Crippen LogP contribution is -2.30. The zero-order valence-electron chi connectivity index (χ0n) is 13.5. The van der Waals surface area contributed by atoms with E-state index >= 15 is 0 Å². The maximum atomic E-state index is 11.9. The van der Waals surface area contributed by atoms with Crippen LogP contribution in [0.4, 0.5) is 5.82 Å². The third-order valence-electron chi connectivity index (χ3n) is 3.72. The molecular weight excluding hydrogens is 294 g/mol. The summed E-state index contributed by atoms with van der Waals surface area (Å²) in [7, 11) is 0. The van der Waals surface area contributed by atoms with Gasteiger partial charge in [-0.1, -0.05) is 5.16 Å². The Morgan fingerprint density at radius 1 is 1.30 bits per heavy atom. The zero-order chi connectivity index (χ0) is 16.2. The highest BCUT2D eigenvalue weighted by Crippen LogP contribution is 2.23. The molecule has 0 unspecified atom stereocenters. The standard InChI is InChI=1S/C16H21N5O2/c1-11(2)18-15(22)16-19-14(20-23-16)12-6-7-17-13(10-12)21-8-4-3-5-9-21/h6-7,10-11H,3-5,8-9H2,1-2H3,(H,18,22). The fourth-order valence-electron chi connectivity index (χ4n) is 2.61. The highest BCUT2D eigenvalue weighted by atomic mass is 16.5. The number of hydrogen-bond acceptors (Lipinski definition) is 6. The average molecular weight is 315 g/mol. The Morgan fingerprint density at radius 3 is 2.83 bits per heavy atom. The van der Waals surface area contributed by atoms with Gasteiger partial charge in [-0.15, -0.1) is 0 Å². The zero-order valence-corrected chi connectivity index (χ0v) is 13.5. The Balaban J connectivity index is 1.79. The lowest BCUT2D eigenvalue weighted by Gasteiger charge is -2.27. The predicted octanol–water partition coefficient (Wildman–Crippen LogP) is 2.26. The molecule has 0 radical (unpaired) electrons. The van der Waals surface area contributed by atoms with E-state index in [1.807, 2.05) is 26.0 Å². The molecular formula is C16H21N5O2. The molecule has 122 valence electrons. The van der Waals surface area contributed by atoms with E-state index in [2.05, 4.69) is 25.3 Å². The second kappa shape index (κ2) is 6.76. The molecule has 1 aliphatic rings. The van der Waals surface area contributed by atoms with Crippen molar-refractivity contribution >= 4 is 11.7 Å². The molecule has 1 amide bonds. The van der Waals surface area contributed by atoms with E-state index in [1.54, 1.807) is 6.20 Å². The Hall–Kier alpha value is -2.44. The van der Waals surface area contributed by atoms with Gasteiger partial charge in [0.2, 0.25) is 5.82 Å². The largest absolute Gasteiger partial charge is 0.357 e. The van der Waals surface area contributed by atoms with Crippen LogP contribution in [0.1, 0.15) is 43.8 Å². The van der Waals surface area contributed by atoms with Crippen molar-refractivity contribution in [3.05, 3.63) is 24.2 Å². The van der Waals surface area contributed by atoms with Gasteiger partial charge in [0.15, 0.2) is 0 Å². The first-order valence-electron chi connectivity index (χ1n) is 7.99. The maximum Gasteiger partial charge on any atom is 0.316 e. The van der Waals surface area contributed by atoms with Gasteiger partial charge in [0.25, 0.3) is 0 Å². The van der Waals surface area contributed by atoms with Crippen LogP contribution in [0.15, 0.2) is 22.9 Å². The summed E-state index contributed by atoms with van der Waals surface area (Å²) in [6.45, 7) is 5.79. The monoisotopic (exact) mass is 315 g/mol. The molecule has 0 aliphatic carbocycles. The van der Waals surface area contributed by atoms with Gasteiger partial charge in [-0.3, -0.25) is 4.79 Å². The van der Waals surface area contributed by atoms with E-state index in [1.165, 1.54) is 19.3 Å². The summed E-state index contributed by atoms with van der Waals surface area (Å²) >= 11 is 0. The number of anilines is 1. The Labute approximate surface area is 135 Å². The second-order valence-corrected chi connectivity index (χ2v) is 6.00. The SMILES string of the molecule is CC(C)NC(=O)c1nc(-c2ccnc(N3CCCCC3)c2)no1. The topological polar surface area (TPSA) is 84.2 Å². The molecule has 1 aliphatic heterocycles. The van der Waals surface area contributed by atoms with Crippen molar-refractivity contribution in [2.45, 2.75) is 39.2 Å². The van der Waals surface area contributed by atoms with Crippen LogP contribution in [-0.4, -0.2) is 40.2 Å². The molecule has 0 bridgehead atoms. The number of pyridine rings is 1. The lowest BCUT2D eigenvalue weighted by molar-refractivity contribution is 0.0899. The van der Waals surface area contributed by atoms with Gasteiger partial charge >= 0.3 is 11.8 Å². The van der Waals surface area contributed by atoms with Crippen molar-refractivity contribution in [1.29, 1.82) is 0 Å². The second-order valence-electron chi connectivity index (χ2n) is 6.00. The van der Waals surface area contributed by atoms with Gasteiger partial charge < -0.3 is 14.7 Å². The van der Waals surface area contributed by atoms with Crippen LogP contribution in [0.2, 0.25) is 0 Å². The Kier molecular flexibility index (Phi) is 4.55. The molecule has 1 N–H and O–H groups in total. The number of carbonyl (C=O) groups is 1. The van der Waals surface area contributed by atoms with E-state index in [-0.39, 0.29) is 17.8 Å². The van der Waals surface area contributed by atoms with E-state index in [4.69, 9.17) is 4.52 Å². The molecule has 0 spiro atoms. The molecule has 1 saturated heterocycles. The number of amides is 1. The first kappa shape index (κ1) is 15.5. The van der Waals surface area contributed by atoms with E-state index in [0.29, 0.717) is 5.82 Å². The molecule has 1 fully saturated rings. The Morgan fingerprint density at radius 2 is 2.09 bits per heavy atom. The van der Waals surface area contributed by atoms with Crippen LogP contribution in [0.25, 0.3) is 11.4 Å². The molecule has 2 aromatic heterocycles. The quantitative estimate of drug-likeness (QED) is 0.931. The summed E-state index contributed by atoms with van der Waals surface area (Å²) in [6.07, 6.45) is 5.39. The normalized spacial score (nSPS) is 15.0. The number of piperidine rings is 1. The van der Waals surface area contributed by atoms with Crippen molar-refractivity contribution in [1.82, 2.24) is 20.4 Å². The summed E-state index contributed by atoms with van der Waals surface area (Å²) < 4.78 is 5.06. The van der Waals surface area contributed by atoms with Crippen molar-refractivity contribution in [3.63, 3.8) is 0 Å². The maximum absolute atomic E-state index is 11.9. The van der Waals surface area contributed by atoms with Gasteiger partial charge in [-0.2, -0.15) is 4.98 Å². The fraction of sp³-hybridized carbons (Fsp3) is 0.500. The Bertz CT molecular complexity index is 677. The van der Waals surface area contributed by atoms with E-state index < -0.39 is 0 Å². The number of rotatable bonds is 4. The van der Waals surface area contributed by atoms with Crippen molar-refractivity contribution < 1.29 is 9.32 Å². The van der Waals surface area contributed by atoms with Crippen LogP contribution in [0, 0.1) is 0 Å². The predicted molar refractivity (Wildman–Crippen MR) is 86.2 cm³/mol. The summed E-state index contributed by atoms with van der Waals surface area (Å²) in [5.41, 5.74) is 0.799. The van der Waals surface area contributed by atoms with E-state index in [9.17, 15) is 4.79 Å². The molecule has 0 atom stereocenters. The van der Waals surface area contributed by atoms with Crippen LogP contribution >= 0.6 is 0 Å². The fourth-order valence-corrected chi connectivity index (χ4v) is 2.61. The van der Waals surface area contributed by atoms with Crippen LogP contribution in [0.5, 0.6) is 0 Å². The first-order chi connectivity index (χ1) is 11.1. The molecule has 23 heavy (non-hydrogen) atoms. The van der Waals surface area contributed by atoms with Gasteiger partial charge in [0, 0.05) is 30.9 Å². The number of hydrogen-bond donors (Lipinski definition) is 1. The number of nitrogens with zero attached hydrogens (tertiary/aromatic N) is 4. The average Bonchev–Trinajstić information content (AvgIpc) is 3.05. The van der Waals surface area contributed by atoms with Gasteiger partial charge in [0.1, 0.15) is 5.82 Å². The molecule has 3 rings (SSSR count). The number of aromatic nitrogens is 3. The summed E-state index contributed by atoms with van der Waals surface area (Å²) in [5.74, 6) is 0.939. The van der Waals surface area contributed by atoms with Gasteiger partial charge in [0.05, 0.1) is 0 Å².